The third-order valence-electron chi connectivity index (χ3n) is 1.52. The van der Waals surface area contributed by atoms with Crippen molar-refractivity contribution in [3.05, 3.63) is 0 Å². The van der Waals surface area contributed by atoms with Gasteiger partial charge in [0.2, 0.25) is 5.91 Å². The molecule has 0 aromatic carbocycles. The molecule has 1 saturated heterocycles. The van der Waals surface area contributed by atoms with Crippen molar-refractivity contribution in [1.29, 1.82) is 0 Å². The Morgan fingerprint density at radius 3 is 2.67 bits per heavy atom. The van der Waals surface area contributed by atoms with Gasteiger partial charge in [-0.2, -0.15) is 0 Å². The van der Waals surface area contributed by atoms with Crippen LogP contribution >= 0.6 is 0 Å². The van der Waals surface area contributed by atoms with Crippen molar-refractivity contribution < 1.29 is 9.28 Å². The number of carbonyl (C=O) groups excluding carboxylic acids is 1. The number of halogens is 1. The van der Waals surface area contributed by atoms with E-state index in [1.165, 1.54) is 0 Å². The van der Waals surface area contributed by atoms with Crippen LogP contribution in [0.3, 0.4) is 0 Å². The van der Waals surface area contributed by atoms with Gasteiger partial charge in [-0.15, -0.1) is 9.60 Å². The van der Waals surface area contributed by atoms with Crippen molar-refractivity contribution in [1.82, 2.24) is 5.12 Å². The van der Waals surface area contributed by atoms with E-state index in [0.717, 1.165) is 6.42 Å². The van der Waals surface area contributed by atoms with Crippen LogP contribution in [-0.2, 0) is 4.79 Å². The van der Waals surface area contributed by atoms with Gasteiger partial charge in [-0.1, -0.05) is 0 Å². The van der Waals surface area contributed by atoms with Crippen molar-refractivity contribution in [3.8, 4) is 0 Å². The predicted octanol–water partition coefficient (Wildman–Crippen LogP) is -0.179. The monoisotopic (exact) mass is 132 g/mol. The lowest BCUT2D eigenvalue weighted by molar-refractivity contribution is -0.127. The smallest absolute Gasteiger partial charge is 0.237 e. The molecule has 52 valence electrons. The second kappa shape index (κ2) is 2.31. The van der Waals surface area contributed by atoms with Crippen LogP contribution < -0.4 is 5.73 Å². The maximum atomic E-state index is 12.4. The molecular formula is C5H9FN2O. The molecule has 0 bridgehead atoms. The van der Waals surface area contributed by atoms with E-state index in [2.05, 4.69) is 0 Å². The minimum absolute atomic E-state index is 0.341. The van der Waals surface area contributed by atoms with E-state index >= 15 is 0 Å². The Balaban J connectivity index is 2.49. The van der Waals surface area contributed by atoms with Crippen LogP contribution in [0, 0.1) is 0 Å². The molecule has 3 nitrogen and oxygen atoms in total. The van der Waals surface area contributed by atoms with Crippen LogP contribution in [-0.4, -0.2) is 23.6 Å². The fraction of sp³-hybridized carbons (Fsp3) is 0.800. The molecule has 0 saturated carbocycles. The Morgan fingerprint density at radius 2 is 2.44 bits per heavy atom. The number of hydrogen-bond acceptors (Lipinski definition) is 2. The molecule has 9 heavy (non-hydrogen) atoms. The summed E-state index contributed by atoms with van der Waals surface area (Å²) in [5.41, 5.74) is 4.87. The molecule has 0 radical (unpaired) electrons. The topological polar surface area (TPSA) is 46.3 Å². The molecule has 1 aliphatic rings. The zero-order valence-corrected chi connectivity index (χ0v) is 5.01. The standard InChI is InChI=1S/C5H9FN2O/c6-8-3-1-2-4(8)5(7)9/h4H,1-3H2,(H2,7,9)/t4-/m1/s1. The van der Waals surface area contributed by atoms with Crippen molar-refractivity contribution in [2.75, 3.05) is 6.54 Å². The molecule has 2 N–H and O–H groups in total. The van der Waals surface area contributed by atoms with E-state index in [1.54, 1.807) is 0 Å². The van der Waals surface area contributed by atoms with Gasteiger partial charge in [0.15, 0.2) is 0 Å². The van der Waals surface area contributed by atoms with Crippen LogP contribution in [0.25, 0.3) is 0 Å². The summed E-state index contributed by atoms with van der Waals surface area (Å²) in [7, 11) is 0. The summed E-state index contributed by atoms with van der Waals surface area (Å²) < 4.78 is 12.4. The Labute approximate surface area is 52.6 Å². The number of primary amides is 1. The quantitative estimate of drug-likeness (QED) is 0.503. The molecule has 0 aliphatic carbocycles. The molecule has 1 heterocycles. The molecule has 0 aromatic rings. The zero-order valence-electron chi connectivity index (χ0n) is 5.01. The summed E-state index contributed by atoms with van der Waals surface area (Å²) in [5.74, 6) is -0.560. The number of amides is 1. The third kappa shape index (κ3) is 1.18. The predicted molar refractivity (Wildman–Crippen MR) is 30.0 cm³/mol. The van der Waals surface area contributed by atoms with Gasteiger partial charge in [-0.3, -0.25) is 4.79 Å². The Kier molecular flexibility index (Phi) is 1.66. The van der Waals surface area contributed by atoms with Gasteiger partial charge in [-0.25, -0.2) is 0 Å². The number of nitrogens with two attached hydrogens (primary N) is 1. The van der Waals surface area contributed by atoms with Crippen molar-refractivity contribution in [2.45, 2.75) is 18.9 Å². The summed E-state index contributed by atoms with van der Waals surface area (Å²) in [6, 6.07) is -0.662. The Morgan fingerprint density at radius 1 is 1.78 bits per heavy atom. The summed E-state index contributed by atoms with van der Waals surface area (Å²) in [6.07, 6.45) is 1.29. The van der Waals surface area contributed by atoms with E-state index in [9.17, 15) is 9.28 Å². The van der Waals surface area contributed by atoms with Gasteiger partial charge in [0.25, 0.3) is 0 Å². The summed E-state index contributed by atoms with van der Waals surface area (Å²) in [6.45, 7) is 0.341. The fourth-order valence-electron chi connectivity index (χ4n) is 1.01. The first-order chi connectivity index (χ1) is 4.22. The number of carbonyl (C=O) groups is 1. The van der Waals surface area contributed by atoms with Gasteiger partial charge in [0, 0.05) is 6.54 Å². The number of nitrogens with zero attached hydrogens (tertiary/aromatic N) is 1. The molecule has 1 atom stereocenters. The lowest BCUT2D eigenvalue weighted by atomic mass is 10.2. The average Bonchev–Trinajstić information content (AvgIpc) is 2.13. The SMILES string of the molecule is NC(=O)[C@H]1CCCN1F. The molecule has 0 aromatic heterocycles. The van der Waals surface area contributed by atoms with Crippen LogP contribution in [0.2, 0.25) is 0 Å². The minimum atomic E-state index is -0.662. The number of hydrogen-bond donors (Lipinski definition) is 1. The molecule has 0 unspecified atom stereocenters. The van der Waals surface area contributed by atoms with E-state index in [4.69, 9.17) is 5.73 Å². The first-order valence-electron chi connectivity index (χ1n) is 2.93. The van der Waals surface area contributed by atoms with Crippen molar-refractivity contribution in [2.24, 2.45) is 5.73 Å². The highest BCUT2D eigenvalue weighted by Crippen LogP contribution is 2.15. The van der Waals surface area contributed by atoms with Crippen LogP contribution in [0.15, 0.2) is 0 Å². The summed E-state index contributed by atoms with van der Waals surface area (Å²) in [5, 5.41) is 0.502. The highest BCUT2D eigenvalue weighted by Gasteiger charge is 2.28. The van der Waals surface area contributed by atoms with E-state index in [0.29, 0.717) is 18.1 Å². The van der Waals surface area contributed by atoms with Gasteiger partial charge < -0.3 is 5.73 Å². The molecular weight excluding hydrogens is 123 g/mol. The van der Waals surface area contributed by atoms with Crippen LogP contribution in [0.1, 0.15) is 12.8 Å². The van der Waals surface area contributed by atoms with Crippen molar-refractivity contribution in [3.63, 3.8) is 0 Å². The molecule has 0 spiro atoms. The van der Waals surface area contributed by atoms with Crippen LogP contribution in [0.4, 0.5) is 4.48 Å². The van der Waals surface area contributed by atoms with Gasteiger partial charge >= 0.3 is 0 Å². The van der Waals surface area contributed by atoms with Crippen LogP contribution in [0.5, 0.6) is 0 Å². The Bertz CT molecular complexity index is 128. The van der Waals surface area contributed by atoms with Gasteiger partial charge in [0.1, 0.15) is 6.04 Å². The zero-order chi connectivity index (χ0) is 6.85. The van der Waals surface area contributed by atoms with E-state index < -0.39 is 11.9 Å². The molecule has 1 rings (SSSR count). The highest BCUT2D eigenvalue weighted by molar-refractivity contribution is 5.79. The lowest BCUT2D eigenvalue weighted by Crippen LogP contribution is -2.35. The summed E-state index contributed by atoms with van der Waals surface area (Å²) in [4.78, 5) is 10.4. The molecule has 4 heteroatoms. The summed E-state index contributed by atoms with van der Waals surface area (Å²) >= 11 is 0. The Hall–Kier alpha value is -0.640. The lowest BCUT2D eigenvalue weighted by Gasteiger charge is -2.08. The first kappa shape index (κ1) is 6.48. The maximum Gasteiger partial charge on any atom is 0.237 e. The fourth-order valence-corrected chi connectivity index (χ4v) is 1.01. The molecule has 1 amide bonds. The number of rotatable bonds is 1. The van der Waals surface area contributed by atoms with E-state index in [1.807, 2.05) is 0 Å². The maximum absolute atomic E-state index is 12.4. The van der Waals surface area contributed by atoms with Gasteiger partial charge in [0.05, 0.1) is 0 Å². The van der Waals surface area contributed by atoms with Gasteiger partial charge in [-0.05, 0) is 12.8 Å². The highest BCUT2D eigenvalue weighted by atomic mass is 19.2. The third-order valence-corrected chi connectivity index (χ3v) is 1.52. The van der Waals surface area contributed by atoms with E-state index in [-0.39, 0.29) is 0 Å². The molecule has 1 aliphatic heterocycles. The first-order valence-corrected chi connectivity index (χ1v) is 2.93. The minimum Gasteiger partial charge on any atom is -0.368 e. The largest absolute Gasteiger partial charge is 0.368 e. The second-order valence-corrected chi connectivity index (χ2v) is 2.18. The average molecular weight is 132 g/mol. The molecule has 1 fully saturated rings. The van der Waals surface area contributed by atoms with Crippen molar-refractivity contribution >= 4 is 5.91 Å². The second-order valence-electron chi connectivity index (χ2n) is 2.18. The normalized spacial score (nSPS) is 28.8.